The summed E-state index contributed by atoms with van der Waals surface area (Å²) in [7, 11) is 1.81. The molecule has 39 nitrogen and oxygen atoms in total. The van der Waals surface area contributed by atoms with Gasteiger partial charge in [0.2, 0.25) is 82.7 Å². The predicted octanol–water partition coefficient (Wildman–Crippen LogP) is -9.37. The molecule has 1 saturated heterocycles. The van der Waals surface area contributed by atoms with Crippen LogP contribution in [-0.2, 0) is 80.0 Å². The zero-order chi connectivity index (χ0) is 78.0. The van der Waals surface area contributed by atoms with Crippen LogP contribution in [0.3, 0.4) is 0 Å². The minimum absolute atomic E-state index is 0.0230. The lowest BCUT2D eigenvalue weighted by Crippen LogP contribution is -2.61. The first-order valence-electron chi connectivity index (χ1n) is 34.0. The molecular formula is C64H103N23O16S2. The lowest BCUT2D eigenvalue weighted by Gasteiger charge is -2.27. The number of hydrogen-bond donors (Lipinski definition) is 23. The molecule has 0 spiro atoms. The lowest BCUT2D eigenvalue weighted by molar-refractivity contribution is -0.136. The largest absolute Gasteiger partial charge is 0.394 e. The quantitative estimate of drug-likeness (QED) is 0.0171. The molecular weight excluding hydrogens is 1410 g/mol. The SMILES string of the molecule is C[C@@H]1NC(=O)CNC(=O)[C@@H]([C@@H](C)O)NC(=O)[C@H](Cc2ccccc2)NC(=O)CNC(=O)CNC(=O)[C@H](Cc2ccccc2)NC(=O)[C@@H](N)CSSC[C@@H](C(=O)N[C@@H](CCCN=C(N)N)C(=O)N[C@@H](CCCCN)C(N)=O)NC(=O)[C@H](CO)NC(=O)[C@H](CCCCN)NC(=O)[C@H](CCCN=C(N)N)NC1=O. The first kappa shape index (κ1) is 89.3. The number of guanidine groups is 2. The van der Waals surface area contributed by atoms with Crippen molar-refractivity contribution in [3.8, 4) is 0 Å². The fourth-order valence-electron chi connectivity index (χ4n) is 9.90. The predicted molar refractivity (Wildman–Crippen MR) is 391 cm³/mol. The normalized spacial score (nSPS) is 22.6. The van der Waals surface area contributed by atoms with Crippen LogP contribution in [0.1, 0.15) is 89.2 Å². The number of rotatable bonds is 27. The van der Waals surface area contributed by atoms with Gasteiger partial charge in [0.1, 0.15) is 60.4 Å². The zero-order valence-corrected chi connectivity index (χ0v) is 60.3. The third kappa shape index (κ3) is 35.4. The van der Waals surface area contributed by atoms with Gasteiger partial charge in [0.05, 0.1) is 38.4 Å². The summed E-state index contributed by atoms with van der Waals surface area (Å²) in [5.41, 5.74) is 46.7. The molecule has 0 unspecified atom stereocenters. The van der Waals surface area contributed by atoms with E-state index in [4.69, 9.17) is 45.9 Å². The number of unbranched alkanes of at least 4 members (excludes halogenated alkanes) is 2. The maximum absolute atomic E-state index is 14.6. The molecule has 582 valence electrons. The lowest BCUT2D eigenvalue weighted by atomic mass is 10.0. The third-order valence-electron chi connectivity index (χ3n) is 15.7. The molecule has 105 heavy (non-hydrogen) atoms. The van der Waals surface area contributed by atoms with E-state index in [1.54, 1.807) is 60.7 Å². The summed E-state index contributed by atoms with van der Waals surface area (Å²) in [6.45, 7) is -0.681. The molecule has 1 aliphatic heterocycles. The van der Waals surface area contributed by atoms with E-state index in [1.165, 1.54) is 6.92 Å². The average Bonchev–Trinajstić information content (AvgIpc) is 0.870. The molecule has 31 N–H and O–H groups in total. The van der Waals surface area contributed by atoms with Gasteiger partial charge in [-0.25, -0.2) is 0 Å². The van der Waals surface area contributed by atoms with Crippen LogP contribution in [0.4, 0.5) is 0 Å². The van der Waals surface area contributed by atoms with Gasteiger partial charge in [-0.15, -0.1) is 0 Å². The van der Waals surface area contributed by atoms with Gasteiger partial charge >= 0.3 is 0 Å². The first-order chi connectivity index (χ1) is 50.0. The van der Waals surface area contributed by atoms with E-state index in [1.807, 2.05) is 0 Å². The summed E-state index contributed by atoms with van der Waals surface area (Å²) < 4.78 is 0. The molecule has 2 aromatic carbocycles. The maximum Gasteiger partial charge on any atom is 0.245 e. The molecule has 0 aliphatic carbocycles. The number of hydrogen-bond acceptors (Lipinski definition) is 23. The van der Waals surface area contributed by atoms with E-state index in [0.29, 0.717) is 30.4 Å². The molecule has 14 amide bonds. The first-order valence-corrected chi connectivity index (χ1v) is 36.5. The highest BCUT2D eigenvalue weighted by Crippen LogP contribution is 2.23. The fourth-order valence-corrected chi connectivity index (χ4v) is 12.2. The van der Waals surface area contributed by atoms with Gasteiger partial charge in [0, 0.05) is 37.4 Å². The van der Waals surface area contributed by atoms with Gasteiger partial charge in [-0.2, -0.15) is 0 Å². The monoisotopic (exact) mass is 1510 g/mol. The number of nitrogens with two attached hydrogens (primary N) is 8. The second-order valence-corrected chi connectivity index (χ2v) is 26.9. The smallest absolute Gasteiger partial charge is 0.245 e. The van der Waals surface area contributed by atoms with Gasteiger partial charge in [-0.3, -0.25) is 77.1 Å². The summed E-state index contributed by atoms with van der Waals surface area (Å²) in [5.74, 6) is -14.7. The molecule has 0 aromatic heterocycles. The average molecular weight is 1510 g/mol. The Kier molecular flexibility index (Phi) is 41.6. The molecule has 1 heterocycles. The highest BCUT2D eigenvalue weighted by atomic mass is 33.1. The Morgan fingerprint density at radius 3 is 1.56 bits per heavy atom. The van der Waals surface area contributed by atoms with Crippen molar-refractivity contribution in [1.82, 2.24) is 69.1 Å². The zero-order valence-electron chi connectivity index (χ0n) is 58.7. The van der Waals surface area contributed by atoms with Crippen molar-refractivity contribution in [3.05, 3.63) is 71.8 Å². The van der Waals surface area contributed by atoms with Crippen molar-refractivity contribution in [2.24, 2.45) is 55.9 Å². The third-order valence-corrected chi connectivity index (χ3v) is 18.1. The fraction of sp³-hybridized carbons (Fsp3) is 0.562. The van der Waals surface area contributed by atoms with Crippen molar-refractivity contribution < 1.29 is 77.3 Å². The van der Waals surface area contributed by atoms with Gasteiger partial charge in [-0.05, 0) is 102 Å². The standard InChI is InChI=1S/C64H103N23O16S2/c1-35-53(94)81-42(21-13-25-73-63(69)70)57(98)82-41(20-10-12-24-66)58(99)85-46(32-88)60(101)86-47(61(102)83-43(22-14-26-74-64(71)72)56(97)80-40(52(68)93)19-9-11-23-65)34-105-104-33-39(67)54(95)84-44(27-37-15-5-3-6-16-37)55(96)76-29-48(90)75-30-50(92)79-45(28-38-17-7-4-8-18-38)59(100)87-51(36(2)89)62(103)77-31-49(91)78-35/h3-8,15-18,35-36,39-47,51,88-89H,9-14,19-34,65-67H2,1-2H3,(H2,68,93)(H,75,90)(H,76,96)(H,77,103)(H,78,91)(H,79,92)(H,80,97)(H,81,94)(H,82,98)(H,83,102)(H,84,95)(H,85,99)(H,86,101)(H,87,100)(H4,69,70,73)(H4,71,72,74)/t35-,36+,39-,40-,41-,42-,43-,44-,45-,46-,47-,51+/m0/s1. The van der Waals surface area contributed by atoms with E-state index >= 15 is 0 Å². The summed E-state index contributed by atoms with van der Waals surface area (Å²) in [5, 5.41) is 53.4. The Hall–Kier alpha value is -9.94. The summed E-state index contributed by atoms with van der Waals surface area (Å²) in [6, 6.07) is 0.130. The number of amides is 14. The van der Waals surface area contributed by atoms with Gasteiger partial charge in [0.25, 0.3) is 0 Å². The van der Waals surface area contributed by atoms with Crippen molar-refractivity contribution in [1.29, 1.82) is 0 Å². The topological polar surface area (TPSA) is 669 Å². The Bertz CT molecular complexity index is 3260. The van der Waals surface area contributed by atoms with Crippen molar-refractivity contribution in [3.63, 3.8) is 0 Å². The van der Waals surface area contributed by atoms with Crippen LogP contribution in [0.2, 0.25) is 0 Å². The van der Waals surface area contributed by atoms with E-state index in [0.717, 1.165) is 28.5 Å². The Balaban J connectivity index is 2.13. The molecule has 0 bridgehead atoms. The number of aliphatic hydroxyl groups is 2. The number of aliphatic hydroxyl groups excluding tert-OH is 2. The molecule has 3 rings (SSSR count). The number of nitrogens with zero attached hydrogens (tertiary/aromatic N) is 2. The molecule has 2 aromatic rings. The van der Waals surface area contributed by atoms with Crippen molar-refractivity contribution in [2.75, 3.05) is 63.9 Å². The molecule has 0 radical (unpaired) electrons. The van der Waals surface area contributed by atoms with Crippen LogP contribution in [0.5, 0.6) is 0 Å². The highest BCUT2D eigenvalue weighted by Gasteiger charge is 2.36. The second kappa shape index (κ2) is 48.9. The second-order valence-electron chi connectivity index (χ2n) is 24.4. The van der Waals surface area contributed by atoms with Gasteiger partial charge < -0.3 is 125 Å². The van der Waals surface area contributed by atoms with E-state index in [-0.39, 0.29) is 102 Å². The summed E-state index contributed by atoms with van der Waals surface area (Å²) in [4.78, 5) is 201. The van der Waals surface area contributed by atoms with Crippen LogP contribution in [0, 0.1) is 0 Å². The number of aliphatic imine (C=N–C) groups is 2. The number of benzene rings is 2. The molecule has 1 aliphatic rings. The summed E-state index contributed by atoms with van der Waals surface area (Å²) >= 11 is 0. The van der Waals surface area contributed by atoms with E-state index in [2.05, 4.69) is 79.1 Å². The van der Waals surface area contributed by atoms with Crippen LogP contribution in [0.15, 0.2) is 70.6 Å². The molecule has 1 fully saturated rings. The Labute approximate surface area is 615 Å². The van der Waals surface area contributed by atoms with Crippen molar-refractivity contribution >= 4 is 116 Å². The van der Waals surface area contributed by atoms with Crippen LogP contribution in [-0.4, -0.2) is 241 Å². The number of primary amides is 1. The van der Waals surface area contributed by atoms with E-state index < -0.39 is 187 Å². The van der Waals surface area contributed by atoms with Crippen LogP contribution < -0.4 is 115 Å². The number of carbonyl (C=O) groups is 14. The van der Waals surface area contributed by atoms with Gasteiger partial charge in [-0.1, -0.05) is 82.3 Å². The van der Waals surface area contributed by atoms with Crippen LogP contribution in [0.25, 0.3) is 0 Å². The van der Waals surface area contributed by atoms with Gasteiger partial charge in [0.15, 0.2) is 11.9 Å². The van der Waals surface area contributed by atoms with Crippen LogP contribution >= 0.6 is 21.6 Å². The maximum atomic E-state index is 14.6. The van der Waals surface area contributed by atoms with E-state index in [9.17, 15) is 77.3 Å². The Morgan fingerprint density at radius 2 is 0.990 bits per heavy atom. The highest BCUT2D eigenvalue weighted by molar-refractivity contribution is 8.76. The molecule has 12 atom stereocenters. The number of nitrogens with one attached hydrogen (secondary N) is 13. The Morgan fingerprint density at radius 1 is 0.514 bits per heavy atom. The minimum atomic E-state index is -1.87. The number of carbonyl (C=O) groups excluding carboxylic acids is 14. The molecule has 0 saturated carbocycles. The summed E-state index contributed by atoms with van der Waals surface area (Å²) in [6.07, 6.45) is -0.768. The molecule has 41 heteroatoms. The van der Waals surface area contributed by atoms with Crippen molar-refractivity contribution in [2.45, 2.75) is 163 Å². The minimum Gasteiger partial charge on any atom is -0.394 e.